The van der Waals surface area contributed by atoms with Crippen molar-refractivity contribution in [3.05, 3.63) is 146 Å². The Morgan fingerprint density at radius 2 is 1.25 bits per heavy atom. The first-order chi connectivity index (χ1) is 23.4. The summed E-state index contributed by atoms with van der Waals surface area (Å²) in [5, 5.41) is 5.66. The van der Waals surface area contributed by atoms with E-state index in [1.807, 2.05) is 18.2 Å². The van der Waals surface area contributed by atoms with Gasteiger partial charge in [0.15, 0.2) is 11.2 Å². The molecule has 0 aliphatic rings. The Morgan fingerprint density at radius 3 is 2.06 bits per heavy atom. The van der Waals surface area contributed by atoms with Gasteiger partial charge in [-0.1, -0.05) is 97.6 Å². The van der Waals surface area contributed by atoms with E-state index >= 15 is 0 Å². The highest BCUT2D eigenvalue weighted by Crippen LogP contribution is 2.48. The highest BCUT2D eigenvalue weighted by Gasteiger charge is 2.26. The van der Waals surface area contributed by atoms with Crippen molar-refractivity contribution in [1.29, 1.82) is 0 Å². The second kappa shape index (κ2) is 10.5. The van der Waals surface area contributed by atoms with Gasteiger partial charge in [0.1, 0.15) is 5.58 Å². The number of anilines is 3. The van der Waals surface area contributed by atoms with Gasteiger partial charge in [0.2, 0.25) is 0 Å². The summed E-state index contributed by atoms with van der Waals surface area (Å²) < 4.78 is 15.4. The Hall–Kier alpha value is -6.00. The van der Waals surface area contributed by atoms with Crippen molar-refractivity contribution in [2.45, 2.75) is 26.3 Å². The largest absolute Gasteiger partial charge is 0.461 e. The molecule has 3 heterocycles. The van der Waals surface area contributed by atoms with Gasteiger partial charge in [-0.2, -0.15) is 0 Å². The van der Waals surface area contributed by atoms with Crippen LogP contribution in [0.15, 0.2) is 149 Å². The van der Waals surface area contributed by atoms with Crippen molar-refractivity contribution >= 4 is 77.9 Å². The highest BCUT2D eigenvalue weighted by molar-refractivity contribution is 6.13. The van der Waals surface area contributed by atoms with Crippen LogP contribution in [0, 0.1) is 0 Å². The summed E-state index contributed by atoms with van der Waals surface area (Å²) >= 11 is 0. The minimum atomic E-state index is -0.0745. The maximum atomic E-state index is 6.64. The molecule has 0 fully saturated rings. The van der Waals surface area contributed by atoms with Gasteiger partial charge in [-0.25, -0.2) is 0 Å². The molecule has 0 saturated carbocycles. The number of fused-ring (bicyclic) bond motifs is 7. The summed E-state index contributed by atoms with van der Waals surface area (Å²) in [6, 6.07) is 45.1. The van der Waals surface area contributed by atoms with Gasteiger partial charge in [0.25, 0.3) is 0 Å². The lowest BCUT2D eigenvalue weighted by molar-refractivity contribution is 0.423. The number of para-hydroxylation sites is 5. The quantitative estimate of drug-likeness (QED) is 0.191. The Kier molecular flexibility index (Phi) is 6.18. The van der Waals surface area contributed by atoms with E-state index in [1.165, 1.54) is 21.8 Å². The molecule has 9 aromatic rings. The van der Waals surface area contributed by atoms with E-state index in [-0.39, 0.29) is 5.54 Å². The number of furan rings is 2. The van der Waals surface area contributed by atoms with E-state index in [1.54, 1.807) is 6.26 Å². The molecule has 0 aliphatic heterocycles. The first-order valence-electron chi connectivity index (χ1n) is 16.4. The van der Waals surface area contributed by atoms with E-state index < -0.39 is 0 Å². The number of hydrogen-bond acceptors (Lipinski definition) is 3. The third-order valence-corrected chi connectivity index (χ3v) is 9.49. The maximum absolute atomic E-state index is 6.64. The minimum Gasteiger partial charge on any atom is -0.461 e. The zero-order valence-corrected chi connectivity index (χ0v) is 27.2. The predicted molar refractivity (Wildman–Crippen MR) is 202 cm³/mol. The van der Waals surface area contributed by atoms with Crippen molar-refractivity contribution in [2.24, 2.45) is 0 Å². The van der Waals surface area contributed by atoms with Crippen LogP contribution < -0.4 is 4.90 Å². The first-order valence-corrected chi connectivity index (χ1v) is 16.4. The Balaban J connectivity index is 1.34. The lowest BCUT2D eigenvalue weighted by Crippen LogP contribution is -2.21. The zero-order chi connectivity index (χ0) is 32.6. The second-order valence-corrected chi connectivity index (χ2v) is 13.4. The minimum absolute atomic E-state index is 0.0745. The van der Waals surface area contributed by atoms with Crippen LogP contribution in [-0.2, 0) is 5.54 Å². The molecule has 0 atom stereocenters. The molecule has 6 aromatic carbocycles. The van der Waals surface area contributed by atoms with Crippen LogP contribution in [0.4, 0.5) is 17.1 Å². The van der Waals surface area contributed by atoms with Crippen molar-refractivity contribution in [3.63, 3.8) is 0 Å². The number of aromatic nitrogens is 1. The molecule has 3 aromatic heterocycles. The lowest BCUT2D eigenvalue weighted by Gasteiger charge is -2.28. The van der Waals surface area contributed by atoms with E-state index in [9.17, 15) is 0 Å². The fraction of sp³-hybridized carbons (Fsp3) is 0.0909. The summed E-state index contributed by atoms with van der Waals surface area (Å²) in [6.45, 7) is 10.8. The molecule has 0 radical (unpaired) electrons. The maximum Gasteiger partial charge on any atom is 0.159 e. The third-order valence-electron chi connectivity index (χ3n) is 9.49. The van der Waals surface area contributed by atoms with Crippen LogP contribution in [0.1, 0.15) is 26.3 Å². The van der Waals surface area contributed by atoms with Gasteiger partial charge >= 0.3 is 0 Å². The number of rotatable bonds is 5. The molecule has 0 bridgehead atoms. The van der Waals surface area contributed by atoms with Gasteiger partial charge in [-0.3, -0.25) is 0 Å². The lowest BCUT2D eigenvalue weighted by atomic mass is 9.99. The molecule has 0 N–H and O–H groups in total. The standard InChI is InChI=1S/C44H34N2O2/c1-5-28-27-47-42-31(28)17-12-21-39(42)45(40-22-13-18-34-33-16-8-11-23-41(33)48-43(34)40)36-19-9-6-14-30(36)29-24-25-38-35(26-29)32-15-7-10-20-37(32)46(38)44(2,3)4/h5-27H,1H2,2-4H3. The molecule has 9 rings (SSSR count). The van der Waals surface area contributed by atoms with Crippen molar-refractivity contribution in [1.82, 2.24) is 4.57 Å². The highest BCUT2D eigenvalue weighted by atomic mass is 16.3. The molecule has 0 unspecified atom stereocenters. The van der Waals surface area contributed by atoms with E-state index in [0.29, 0.717) is 0 Å². The van der Waals surface area contributed by atoms with Crippen molar-refractivity contribution in [3.8, 4) is 11.1 Å². The Morgan fingerprint density at radius 1 is 0.604 bits per heavy atom. The fourth-order valence-corrected chi connectivity index (χ4v) is 7.47. The van der Waals surface area contributed by atoms with Gasteiger partial charge in [0.05, 0.1) is 23.3 Å². The predicted octanol–water partition coefficient (Wildman–Crippen LogP) is 13.0. The molecule has 232 valence electrons. The van der Waals surface area contributed by atoms with Gasteiger partial charge in [-0.05, 0) is 68.8 Å². The summed E-state index contributed by atoms with van der Waals surface area (Å²) in [4.78, 5) is 2.29. The SMILES string of the molecule is C=Cc1coc2c(N(c3ccccc3-c3ccc4c(c3)c3ccccc3n4C(C)(C)C)c3cccc4c3oc3ccccc34)cccc12. The van der Waals surface area contributed by atoms with Crippen LogP contribution in [0.5, 0.6) is 0 Å². The molecule has 0 aliphatic carbocycles. The molecule has 0 spiro atoms. The smallest absolute Gasteiger partial charge is 0.159 e. The average molecular weight is 623 g/mol. The van der Waals surface area contributed by atoms with E-state index in [4.69, 9.17) is 8.83 Å². The van der Waals surface area contributed by atoms with Gasteiger partial charge in [0, 0.05) is 54.6 Å². The van der Waals surface area contributed by atoms with E-state index in [2.05, 4.69) is 152 Å². The van der Waals surface area contributed by atoms with Gasteiger partial charge in [-0.15, -0.1) is 0 Å². The Labute approximate surface area is 278 Å². The zero-order valence-electron chi connectivity index (χ0n) is 27.2. The molecule has 4 nitrogen and oxygen atoms in total. The third kappa shape index (κ3) is 4.16. The topological polar surface area (TPSA) is 34.5 Å². The van der Waals surface area contributed by atoms with Crippen LogP contribution in [-0.4, -0.2) is 4.57 Å². The number of benzene rings is 6. The number of hydrogen-bond donors (Lipinski definition) is 0. The summed E-state index contributed by atoms with van der Waals surface area (Å²) in [7, 11) is 0. The van der Waals surface area contributed by atoms with Crippen LogP contribution in [0.2, 0.25) is 0 Å². The summed E-state index contributed by atoms with van der Waals surface area (Å²) in [5.41, 5.74) is 10.9. The molecular weight excluding hydrogens is 588 g/mol. The summed E-state index contributed by atoms with van der Waals surface area (Å²) in [6.07, 6.45) is 3.63. The Bertz CT molecular complexity index is 2700. The van der Waals surface area contributed by atoms with E-state index in [0.717, 1.165) is 66.7 Å². The first kappa shape index (κ1) is 28.2. The van der Waals surface area contributed by atoms with Crippen molar-refractivity contribution in [2.75, 3.05) is 4.90 Å². The summed E-state index contributed by atoms with van der Waals surface area (Å²) in [5.74, 6) is 0. The van der Waals surface area contributed by atoms with Crippen molar-refractivity contribution < 1.29 is 8.83 Å². The molecule has 48 heavy (non-hydrogen) atoms. The van der Waals surface area contributed by atoms with Crippen LogP contribution in [0.25, 0.3) is 71.9 Å². The number of nitrogens with zero attached hydrogens (tertiary/aromatic N) is 2. The monoisotopic (exact) mass is 622 g/mol. The van der Waals surface area contributed by atoms with Crippen LogP contribution >= 0.6 is 0 Å². The second-order valence-electron chi connectivity index (χ2n) is 13.4. The molecule has 0 amide bonds. The van der Waals surface area contributed by atoms with Crippen LogP contribution in [0.3, 0.4) is 0 Å². The average Bonchev–Trinajstić information content (AvgIpc) is 3.80. The normalized spacial score (nSPS) is 12.1. The molecule has 4 heteroatoms. The van der Waals surface area contributed by atoms with Gasteiger partial charge < -0.3 is 18.3 Å². The fourth-order valence-electron chi connectivity index (χ4n) is 7.47. The molecular formula is C44H34N2O2. The molecule has 0 saturated heterocycles.